The zero-order valence-corrected chi connectivity index (χ0v) is 20.2. The molecule has 2 aliphatic heterocycles. The number of ether oxygens (including phenoxy) is 3. The smallest absolute Gasteiger partial charge is 0.407 e. The van der Waals surface area contributed by atoms with Crippen molar-refractivity contribution in [1.29, 1.82) is 0 Å². The lowest BCUT2D eigenvalue weighted by Gasteiger charge is -2.25. The van der Waals surface area contributed by atoms with Crippen LogP contribution in [0.2, 0.25) is 0 Å². The van der Waals surface area contributed by atoms with Gasteiger partial charge in [0.25, 0.3) is 0 Å². The number of nitrogens with one attached hydrogen (secondary N) is 2. The van der Waals surface area contributed by atoms with Crippen molar-refractivity contribution in [3.05, 3.63) is 18.1 Å². The summed E-state index contributed by atoms with van der Waals surface area (Å²) in [7, 11) is 0. The number of hydrogen-bond acceptors (Lipinski definition) is 7. The molecule has 4 heterocycles. The molecule has 1 saturated heterocycles. The molecule has 180 valence electrons. The molecule has 33 heavy (non-hydrogen) atoms. The van der Waals surface area contributed by atoms with E-state index < -0.39 is 17.5 Å². The molecule has 2 aromatic rings. The fraction of sp³-hybridized carbons (Fsp3) is 0.708. The van der Waals surface area contributed by atoms with E-state index in [0.29, 0.717) is 6.54 Å². The highest BCUT2D eigenvalue weighted by Gasteiger charge is 2.54. The molecule has 4 atom stereocenters. The predicted octanol–water partition coefficient (Wildman–Crippen LogP) is 3.79. The predicted molar refractivity (Wildman–Crippen MR) is 124 cm³/mol. The first-order valence-electron chi connectivity index (χ1n) is 12.0. The number of anilines is 1. The van der Waals surface area contributed by atoms with Gasteiger partial charge in [0.1, 0.15) is 29.5 Å². The van der Waals surface area contributed by atoms with Gasteiger partial charge in [-0.3, -0.25) is 0 Å². The lowest BCUT2D eigenvalue weighted by atomic mass is 10.1. The summed E-state index contributed by atoms with van der Waals surface area (Å²) in [5, 5.41) is 7.52. The van der Waals surface area contributed by atoms with Crippen molar-refractivity contribution in [3.63, 3.8) is 0 Å². The number of alkyl carbamates (subject to hydrolysis) is 1. The van der Waals surface area contributed by atoms with Crippen LogP contribution >= 0.6 is 0 Å². The zero-order chi connectivity index (χ0) is 23.4. The third kappa shape index (κ3) is 4.40. The molecule has 1 amide bonds. The summed E-state index contributed by atoms with van der Waals surface area (Å²) in [5.41, 5.74) is 1.68. The molecule has 0 unspecified atom stereocenters. The Bertz CT molecular complexity index is 1040. The monoisotopic (exact) mass is 457 g/mol. The van der Waals surface area contributed by atoms with E-state index in [1.807, 2.05) is 34.6 Å². The summed E-state index contributed by atoms with van der Waals surface area (Å²) in [6, 6.07) is 0.0574. The maximum absolute atomic E-state index is 12.3. The molecule has 5 rings (SSSR count). The van der Waals surface area contributed by atoms with E-state index in [2.05, 4.69) is 31.4 Å². The van der Waals surface area contributed by atoms with Crippen LogP contribution in [-0.2, 0) is 20.6 Å². The van der Waals surface area contributed by atoms with Gasteiger partial charge in [0.2, 0.25) is 0 Å². The second kappa shape index (κ2) is 8.13. The van der Waals surface area contributed by atoms with Gasteiger partial charge in [-0.25, -0.2) is 14.8 Å². The van der Waals surface area contributed by atoms with E-state index in [9.17, 15) is 4.79 Å². The van der Waals surface area contributed by atoms with Gasteiger partial charge in [-0.2, -0.15) is 0 Å². The van der Waals surface area contributed by atoms with E-state index in [0.717, 1.165) is 49.1 Å². The van der Waals surface area contributed by atoms with Crippen LogP contribution in [0.4, 0.5) is 10.6 Å². The molecule has 0 spiro atoms. The first-order chi connectivity index (χ1) is 15.6. The minimum absolute atomic E-state index is 0.0574. The zero-order valence-electron chi connectivity index (χ0n) is 20.2. The molecular weight excluding hydrogens is 422 g/mol. The van der Waals surface area contributed by atoms with Crippen molar-refractivity contribution in [2.45, 2.75) is 89.9 Å². The van der Waals surface area contributed by atoms with Gasteiger partial charge in [-0.05, 0) is 65.9 Å². The van der Waals surface area contributed by atoms with E-state index in [1.54, 1.807) is 6.33 Å². The first kappa shape index (κ1) is 22.4. The highest BCUT2D eigenvalue weighted by Crippen LogP contribution is 2.48. The summed E-state index contributed by atoms with van der Waals surface area (Å²) in [6.45, 7) is 10.9. The molecule has 9 heteroatoms. The van der Waals surface area contributed by atoms with Crippen molar-refractivity contribution < 1.29 is 19.0 Å². The lowest BCUT2D eigenvalue weighted by molar-refractivity contribution is -0.160. The Balaban J connectivity index is 1.44. The van der Waals surface area contributed by atoms with Gasteiger partial charge >= 0.3 is 6.09 Å². The third-order valence-electron chi connectivity index (χ3n) is 6.67. The van der Waals surface area contributed by atoms with Crippen molar-refractivity contribution >= 4 is 22.9 Å². The number of aromatic nitrogens is 3. The normalized spacial score (nSPS) is 28.6. The quantitative estimate of drug-likeness (QED) is 0.723. The van der Waals surface area contributed by atoms with E-state index in [1.165, 1.54) is 5.56 Å². The van der Waals surface area contributed by atoms with Crippen molar-refractivity contribution in [2.24, 2.45) is 5.92 Å². The standard InChI is InChI=1S/C24H35N5O4/c1-23(2,3)33-22(30)26-11-15-10-16(19-18(15)31-24(4,5)32-19)29-12-14-8-6-7-9-25-20-17(14)21(29)28-13-27-20/h12-13,15-16,18-19H,6-11H2,1-5H3,(H,26,30)(H,25,27,28)/t15-,16-,18-,19+/m1/s1. The summed E-state index contributed by atoms with van der Waals surface area (Å²) in [5.74, 6) is 0.342. The average molecular weight is 458 g/mol. The van der Waals surface area contributed by atoms with E-state index in [-0.39, 0.29) is 24.2 Å². The second-order valence-corrected chi connectivity index (χ2v) is 10.9. The third-order valence-corrected chi connectivity index (χ3v) is 6.67. The lowest BCUT2D eigenvalue weighted by Crippen LogP contribution is -2.38. The maximum atomic E-state index is 12.3. The van der Waals surface area contributed by atoms with E-state index >= 15 is 0 Å². The SMILES string of the molecule is CC(C)(C)OC(=O)NC[C@H]1C[C@@H](n2cc3c4c(ncnc42)NCCCC3)[C@@H]2OC(C)(C)O[C@H]12. The molecule has 2 fully saturated rings. The summed E-state index contributed by atoms with van der Waals surface area (Å²) in [4.78, 5) is 21.5. The van der Waals surface area contributed by atoms with Gasteiger partial charge < -0.3 is 29.4 Å². The molecule has 0 bridgehead atoms. The molecule has 1 saturated carbocycles. The highest BCUT2D eigenvalue weighted by molar-refractivity contribution is 5.91. The Morgan fingerprint density at radius 1 is 1.27 bits per heavy atom. The van der Waals surface area contributed by atoms with Crippen LogP contribution < -0.4 is 10.6 Å². The number of rotatable bonds is 3. The van der Waals surface area contributed by atoms with Crippen LogP contribution in [0.3, 0.4) is 0 Å². The van der Waals surface area contributed by atoms with Crippen molar-refractivity contribution in [2.75, 3.05) is 18.4 Å². The Morgan fingerprint density at radius 3 is 2.85 bits per heavy atom. The Morgan fingerprint density at radius 2 is 2.06 bits per heavy atom. The second-order valence-electron chi connectivity index (χ2n) is 10.9. The summed E-state index contributed by atoms with van der Waals surface area (Å²) >= 11 is 0. The maximum Gasteiger partial charge on any atom is 0.407 e. The summed E-state index contributed by atoms with van der Waals surface area (Å²) < 4.78 is 20.4. The fourth-order valence-electron chi connectivity index (χ4n) is 5.44. The van der Waals surface area contributed by atoms with Gasteiger partial charge in [0, 0.05) is 25.2 Å². The Kier molecular flexibility index (Phi) is 5.52. The number of amides is 1. The van der Waals surface area contributed by atoms with Gasteiger partial charge in [0.15, 0.2) is 5.79 Å². The minimum atomic E-state index is -0.672. The molecular formula is C24H35N5O4. The topological polar surface area (TPSA) is 99.5 Å². The van der Waals surface area contributed by atoms with Crippen LogP contribution in [0.5, 0.6) is 0 Å². The highest BCUT2D eigenvalue weighted by atomic mass is 16.8. The molecule has 9 nitrogen and oxygen atoms in total. The van der Waals surface area contributed by atoms with Gasteiger partial charge in [-0.1, -0.05) is 0 Å². The van der Waals surface area contributed by atoms with Crippen LogP contribution in [-0.4, -0.2) is 57.3 Å². The number of fused-ring (bicyclic) bond motifs is 1. The molecule has 2 aromatic heterocycles. The average Bonchev–Trinajstić information content (AvgIpc) is 3.32. The fourth-order valence-corrected chi connectivity index (χ4v) is 5.44. The molecule has 0 aromatic carbocycles. The van der Waals surface area contributed by atoms with Crippen LogP contribution in [0, 0.1) is 5.92 Å². The number of carbonyl (C=O) groups is 1. The summed E-state index contributed by atoms with van der Waals surface area (Å²) in [6.07, 6.45) is 7.31. The van der Waals surface area contributed by atoms with E-state index in [4.69, 9.17) is 14.2 Å². The van der Waals surface area contributed by atoms with Crippen LogP contribution in [0.1, 0.15) is 65.5 Å². The van der Waals surface area contributed by atoms with Gasteiger partial charge in [0.05, 0.1) is 17.5 Å². The van der Waals surface area contributed by atoms with Crippen molar-refractivity contribution in [3.8, 4) is 0 Å². The molecule has 1 aliphatic carbocycles. The minimum Gasteiger partial charge on any atom is -0.444 e. The Labute approximate surface area is 194 Å². The van der Waals surface area contributed by atoms with Crippen molar-refractivity contribution in [1.82, 2.24) is 19.9 Å². The number of hydrogen-bond donors (Lipinski definition) is 2. The molecule has 3 aliphatic rings. The molecule has 2 N–H and O–H groups in total. The number of aryl methyl sites for hydroxylation is 1. The molecule has 0 radical (unpaired) electrons. The first-order valence-corrected chi connectivity index (χ1v) is 12.0. The van der Waals surface area contributed by atoms with Crippen LogP contribution in [0.15, 0.2) is 12.5 Å². The van der Waals surface area contributed by atoms with Gasteiger partial charge in [-0.15, -0.1) is 0 Å². The largest absolute Gasteiger partial charge is 0.444 e. The number of nitrogens with zero attached hydrogens (tertiary/aromatic N) is 3. The Hall–Kier alpha value is -2.39. The number of carbonyl (C=O) groups excluding carboxylic acids is 1. The van der Waals surface area contributed by atoms with Crippen LogP contribution in [0.25, 0.3) is 11.0 Å².